The van der Waals surface area contributed by atoms with Gasteiger partial charge in [0, 0.05) is 6.04 Å². The van der Waals surface area contributed by atoms with Crippen molar-refractivity contribution in [3.63, 3.8) is 0 Å². The van der Waals surface area contributed by atoms with E-state index in [0.717, 1.165) is 0 Å². The number of nitrogens with one attached hydrogen (secondary N) is 1. The molecule has 0 bridgehead atoms. The van der Waals surface area contributed by atoms with Crippen LogP contribution in [0.15, 0.2) is 41.3 Å². The lowest BCUT2D eigenvalue weighted by atomic mass is 10.2. The maximum absolute atomic E-state index is 12.1. The molecule has 0 heterocycles. The highest BCUT2D eigenvalue weighted by atomic mass is 32.2. The second-order valence-electron chi connectivity index (χ2n) is 3.87. The molecule has 0 amide bonds. The average Bonchev–Trinajstić information content (AvgIpc) is 2.81. The van der Waals surface area contributed by atoms with Gasteiger partial charge in [0.05, 0.1) is 10.5 Å². The Balaban J connectivity index is 2.28. The van der Waals surface area contributed by atoms with Gasteiger partial charge in [-0.1, -0.05) is 24.3 Å². The molecule has 0 atom stereocenters. The highest BCUT2D eigenvalue weighted by molar-refractivity contribution is 7.89. The Bertz CT molecular complexity index is 577. The van der Waals surface area contributed by atoms with Crippen molar-refractivity contribution in [2.45, 2.75) is 23.8 Å². The van der Waals surface area contributed by atoms with Gasteiger partial charge in [0.15, 0.2) is 0 Å². The van der Waals surface area contributed by atoms with Gasteiger partial charge in [0.25, 0.3) is 0 Å². The van der Waals surface area contributed by atoms with Crippen LogP contribution in [0.3, 0.4) is 0 Å². The van der Waals surface area contributed by atoms with Crippen molar-refractivity contribution in [2.75, 3.05) is 0 Å². The van der Waals surface area contributed by atoms with Crippen molar-refractivity contribution >= 4 is 10.0 Å². The van der Waals surface area contributed by atoms with Crippen molar-refractivity contribution in [2.24, 2.45) is 0 Å². The van der Waals surface area contributed by atoms with E-state index in [4.69, 9.17) is 5.26 Å². The second-order valence-corrected chi connectivity index (χ2v) is 5.55. The van der Waals surface area contributed by atoms with Crippen LogP contribution in [0, 0.1) is 11.3 Å². The minimum atomic E-state index is -3.60. The zero-order chi connectivity index (χ0) is 12.3. The highest BCUT2D eigenvalue weighted by Gasteiger charge is 2.22. The first-order valence-electron chi connectivity index (χ1n) is 5.30. The number of benzene rings is 1. The van der Waals surface area contributed by atoms with E-state index in [-0.39, 0.29) is 16.5 Å². The van der Waals surface area contributed by atoms with Crippen LogP contribution in [-0.2, 0) is 10.0 Å². The Hall–Kier alpha value is -1.64. The molecule has 0 fully saturated rings. The van der Waals surface area contributed by atoms with Gasteiger partial charge in [0.1, 0.15) is 6.07 Å². The maximum Gasteiger partial charge on any atom is 0.242 e. The van der Waals surface area contributed by atoms with E-state index in [1.54, 1.807) is 12.1 Å². The van der Waals surface area contributed by atoms with Crippen molar-refractivity contribution < 1.29 is 8.42 Å². The first kappa shape index (κ1) is 11.8. The maximum atomic E-state index is 12.1. The molecule has 17 heavy (non-hydrogen) atoms. The number of sulfonamides is 1. The van der Waals surface area contributed by atoms with Gasteiger partial charge in [0.2, 0.25) is 10.0 Å². The van der Waals surface area contributed by atoms with E-state index in [0.29, 0.717) is 12.8 Å². The summed E-state index contributed by atoms with van der Waals surface area (Å²) in [5, 5.41) is 8.89. The van der Waals surface area contributed by atoms with Crippen molar-refractivity contribution in [1.82, 2.24) is 4.72 Å². The van der Waals surface area contributed by atoms with Crippen LogP contribution in [0.2, 0.25) is 0 Å². The van der Waals surface area contributed by atoms with Crippen molar-refractivity contribution in [3.8, 4) is 6.07 Å². The molecule has 4 nitrogen and oxygen atoms in total. The molecule has 0 spiro atoms. The fraction of sp³-hybridized carbons (Fsp3) is 0.250. The minimum absolute atomic E-state index is 0.0504. The molecule has 88 valence electrons. The summed E-state index contributed by atoms with van der Waals surface area (Å²) in [6.07, 6.45) is 5.30. The van der Waals surface area contributed by atoms with Gasteiger partial charge < -0.3 is 0 Å². The standard InChI is InChI=1S/C12H12N2O2S/c13-9-10-5-1-4-8-12(10)17(15,16)14-11-6-2-3-7-11/h1-5,8,11,14H,6-7H2. The van der Waals surface area contributed by atoms with Gasteiger partial charge >= 0.3 is 0 Å². The first-order chi connectivity index (χ1) is 8.13. The minimum Gasteiger partial charge on any atom is -0.207 e. The molecule has 2 rings (SSSR count). The Labute approximate surface area is 101 Å². The summed E-state index contributed by atoms with van der Waals surface area (Å²) in [5.74, 6) is 0. The molecular formula is C12H12N2O2S. The van der Waals surface area contributed by atoms with E-state index < -0.39 is 10.0 Å². The molecule has 0 unspecified atom stereocenters. The van der Waals surface area contributed by atoms with Gasteiger partial charge in [-0.25, -0.2) is 13.1 Å². The van der Waals surface area contributed by atoms with Crippen LogP contribution in [0.1, 0.15) is 18.4 Å². The van der Waals surface area contributed by atoms with E-state index in [9.17, 15) is 8.42 Å². The number of hydrogen-bond donors (Lipinski definition) is 1. The summed E-state index contributed by atoms with van der Waals surface area (Å²) in [5.41, 5.74) is 0.172. The summed E-state index contributed by atoms with van der Waals surface area (Å²) in [7, 11) is -3.60. The zero-order valence-corrected chi connectivity index (χ0v) is 9.94. The normalized spacial score (nSPS) is 15.9. The quantitative estimate of drug-likeness (QED) is 0.825. The van der Waals surface area contributed by atoms with Crippen molar-refractivity contribution in [3.05, 3.63) is 42.0 Å². The predicted octanol–water partition coefficient (Wildman–Crippen LogP) is 1.56. The molecular weight excluding hydrogens is 236 g/mol. The predicted molar refractivity (Wildman–Crippen MR) is 63.6 cm³/mol. The van der Waals surface area contributed by atoms with Gasteiger partial charge in [-0.15, -0.1) is 0 Å². The van der Waals surface area contributed by atoms with Crippen molar-refractivity contribution in [1.29, 1.82) is 5.26 Å². The topological polar surface area (TPSA) is 70.0 Å². The summed E-state index contributed by atoms with van der Waals surface area (Å²) in [6.45, 7) is 0. The number of nitrogens with zero attached hydrogens (tertiary/aromatic N) is 1. The molecule has 0 saturated heterocycles. The molecule has 1 N–H and O–H groups in total. The molecule has 1 aromatic rings. The zero-order valence-electron chi connectivity index (χ0n) is 9.13. The lowest BCUT2D eigenvalue weighted by Gasteiger charge is -2.13. The fourth-order valence-corrected chi connectivity index (χ4v) is 3.21. The molecule has 0 saturated carbocycles. The molecule has 0 aromatic heterocycles. The molecule has 0 aliphatic heterocycles. The van der Waals surface area contributed by atoms with E-state index in [1.165, 1.54) is 12.1 Å². The average molecular weight is 248 g/mol. The fourth-order valence-electron chi connectivity index (χ4n) is 1.79. The van der Waals surface area contributed by atoms with E-state index >= 15 is 0 Å². The monoisotopic (exact) mass is 248 g/mol. The Morgan fingerprint density at radius 2 is 1.88 bits per heavy atom. The Kier molecular flexibility index (Phi) is 3.27. The van der Waals surface area contributed by atoms with Gasteiger partial charge in [-0.2, -0.15) is 5.26 Å². The molecule has 0 radical (unpaired) electrons. The van der Waals surface area contributed by atoms with Crippen LogP contribution in [-0.4, -0.2) is 14.5 Å². The smallest absolute Gasteiger partial charge is 0.207 e. The molecule has 1 aliphatic rings. The van der Waals surface area contributed by atoms with Gasteiger partial charge in [-0.05, 0) is 25.0 Å². The summed E-state index contributed by atoms with van der Waals surface area (Å²) < 4.78 is 26.8. The van der Waals surface area contributed by atoms with Gasteiger partial charge in [-0.3, -0.25) is 0 Å². The van der Waals surface area contributed by atoms with Crippen LogP contribution in [0.25, 0.3) is 0 Å². The van der Waals surface area contributed by atoms with Crippen LogP contribution < -0.4 is 4.72 Å². The highest BCUT2D eigenvalue weighted by Crippen LogP contribution is 2.17. The molecule has 1 aliphatic carbocycles. The molecule has 5 heteroatoms. The summed E-state index contributed by atoms with van der Waals surface area (Å²) >= 11 is 0. The van der Waals surface area contributed by atoms with Crippen LogP contribution in [0.4, 0.5) is 0 Å². The lowest BCUT2D eigenvalue weighted by molar-refractivity contribution is 0.557. The largest absolute Gasteiger partial charge is 0.242 e. The number of hydrogen-bond acceptors (Lipinski definition) is 3. The van der Waals surface area contributed by atoms with E-state index in [1.807, 2.05) is 18.2 Å². The third-order valence-corrected chi connectivity index (χ3v) is 4.21. The molecule has 1 aromatic carbocycles. The number of rotatable bonds is 3. The lowest BCUT2D eigenvalue weighted by Crippen LogP contribution is -2.33. The summed E-state index contributed by atoms with van der Waals surface area (Å²) in [6, 6.07) is 8.01. The third-order valence-electron chi connectivity index (χ3n) is 2.63. The van der Waals surface area contributed by atoms with Crippen LogP contribution >= 0.6 is 0 Å². The SMILES string of the molecule is N#Cc1ccccc1S(=O)(=O)NC1CC=CC1. The third kappa shape index (κ3) is 2.54. The van der Waals surface area contributed by atoms with Crippen LogP contribution in [0.5, 0.6) is 0 Å². The number of nitriles is 1. The Morgan fingerprint density at radius 3 is 2.53 bits per heavy atom. The Morgan fingerprint density at radius 1 is 1.24 bits per heavy atom. The first-order valence-corrected chi connectivity index (χ1v) is 6.78. The second kappa shape index (κ2) is 4.70. The summed E-state index contributed by atoms with van der Waals surface area (Å²) in [4.78, 5) is 0.0504. The van der Waals surface area contributed by atoms with E-state index in [2.05, 4.69) is 4.72 Å².